The second kappa shape index (κ2) is 28.6. The molecular weight excluding hydrogens is 967 g/mol. The van der Waals surface area contributed by atoms with Gasteiger partial charge in [0.05, 0.1) is 16.7 Å². The Labute approximate surface area is 449 Å². The Balaban J connectivity index is 0.000000168. The van der Waals surface area contributed by atoms with E-state index in [1.807, 2.05) is 133 Å². The lowest BCUT2D eigenvalue weighted by Crippen LogP contribution is -2.02. The summed E-state index contributed by atoms with van der Waals surface area (Å²) >= 11 is 0. The summed E-state index contributed by atoms with van der Waals surface area (Å²) in [6.07, 6.45) is 0. The highest BCUT2D eigenvalue weighted by molar-refractivity contribution is 5.89. The number of ether oxygens (including phenoxy) is 3. The maximum atomic E-state index is 11.0. The van der Waals surface area contributed by atoms with Gasteiger partial charge in [-0.1, -0.05) is 139 Å². The van der Waals surface area contributed by atoms with Crippen LogP contribution in [0.2, 0.25) is 0 Å². The lowest BCUT2D eigenvalue weighted by molar-refractivity contribution is 0.0686. The molecule has 12 heteroatoms. The Bertz CT molecular complexity index is 3290. The molecular formula is C65H61N3O9. The number of aryl methyl sites for hydroxylation is 2. The summed E-state index contributed by atoms with van der Waals surface area (Å²) in [6.45, 7) is 7.61. The minimum Gasteiger partial charge on any atom is -0.489 e. The van der Waals surface area contributed by atoms with Crippen molar-refractivity contribution in [2.24, 2.45) is 0 Å². The normalized spacial score (nSPS) is 10.3. The van der Waals surface area contributed by atoms with Crippen molar-refractivity contribution in [3.63, 3.8) is 0 Å². The molecule has 0 aliphatic heterocycles. The van der Waals surface area contributed by atoms with Crippen LogP contribution in [0.3, 0.4) is 0 Å². The van der Waals surface area contributed by atoms with Gasteiger partial charge in [-0.05, 0) is 144 Å². The average Bonchev–Trinajstić information content (AvgIpc) is 3.46. The van der Waals surface area contributed by atoms with Crippen LogP contribution in [0.4, 0.5) is 17.1 Å². The van der Waals surface area contributed by atoms with E-state index in [2.05, 4.69) is 66.2 Å². The number of hydrogen-bond acceptors (Lipinski definition) is 9. The predicted octanol–water partition coefficient (Wildman–Crippen LogP) is 14.3. The van der Waals surface area contributed by atoms with Gasteiger partial charge in [0.15, 0.2) is 0 Å². The van der Waals surface area contributed by atoms with E-state index in [1.165, 1.54) is 16.7 Å². The molecule has 0 fully saturated rings. The fraction of sp³-hybridized carbons (Fsp3) is 0.123. The summed E-state index contributed by atoms with van der Waals surface area (Å²) in [5, 5.41) is 36.8. The smallest absolute Gasteiger partial charge is 0.335 e. The largest absolute Gasteiger partial charge is 0.489 e. The van der Waals surface area contributed by atoms with E-state index in [0.717, 1.165) is 62.1 Å². The van der Waals surface area contributed by atoms with Crippen molar-refractivity contribution < 1.29 is 43.9 Å². The molecule has 9 aromatic carbocycles. The van der Waals surface area contributed by atoms with E-state index in [1.54, 1.807) is 54.6 Å². The molecule has 0 aliphatic rings. The van der Waals surface area contributed by atoms with Gasteiger partial charge in [-0.15, -0.1) is 0 Å². The van der Waals surface area contributed by atoms with Gasteiger partial charge in [-0.3, -0.25) is 0 Å². The van der Waals surface area contributed by atoms with E-state index < -0.39 is 17.9 Å². The van der Waals surface area contributed by atoms with Gasteiger partial charge in [0.25, 0.3) is 0 Å². The first-order valence-corrected chi connectivity index (χ1v) is 24.9. The monoisotopic (exact) mass is 1030 g/mol. The maximum Gasteiger partial charge on any atom is 0.335 e. The number of hydrogen-bond donors (Lipinski definition) is 6. The first-order valence-electron chi connectivity index (χ1n) is 24.9. The van der Waals surface area contributed by atoms with Gasteiger partial charge >= 0.3 is 17.9 Å². The lowest BCUT2D eigenvalue weighted by Gasteiger charge is -2.10. The number of benzene rings is 9. The van der Waals surface area contributed by atoms with E-state index in [0.29, 0.717) is 39.5 Å². The van der Waals surface area contributed by atoms with Crippen LogP contribution in [0.25, 0.3) is 0 Å². The molecule has 0 spiro atoms. The van der Waals surface area contributed by atoms with Gasteiger partial charge in [0.2, 0.25) is 0 Å². The molecule has 0 amide bonds. The molecule has 6 N–H and O–H groups in total. The number of aromatic carboxylic acids is 3. The fourth-order valence-corrected chi connectivity index (χ4v) is 7.53. The SMILES string of the molecule is Cc1ccc(COc2ccc(CNc3cccc(C(=O)O)c3)cc2)cc1.Cc1ccccc1COc1ccc(CNc2cccc(C(=O)O)c2)cc1.O=C(O)c1cccc(NCc2ccc(OCc3ccccc3)cc2)c1. The Morgan fingerprint density at radius 1 is 0.351 bits per heavy atom. The molecule has 0 saturated heterocycles. The number of carboxylic acids is 3. The summed E-state index contributed by atoms with van der Waals surface area (Å²) in [5.41, 5.74) is 12.3. The first-order chi connectivity index (χ1) is 37.4. The molecule has 9 rings (SSSR count). The Morgan fingerprint density at radius 2 is 0.688 bits per heavy atom. The van der Waals surface area contributed by atoms with Crippen molar-refractivity contribution in [1.82, 2.24) is 0 Å². The standard InChI is InChI=1S/2C22H21NO3.C21H19NO3/c1-16-5-2-3-6-19(16)15-26-21-11-9-17(10-12-21)14-23-20-8-4-7-18(13-20)22(24)25;1-16-5-7-18(8-6-16)15-26-21-11-9-17(10-12-21)14-23-20-4-2-3-19(13-20)22(24)25;23-21(24)18-7-4-8-19(13-18)22-14-16-9-11-20(12-10-16)25-15-17-5-2-1-3-6-17/h2*2-13,23H,14-15H2,1H3,(H,24,25);1-13,22H,14-15H2,(H,23,24). The summed E-state index contributed by atoms with van der Waals surface area (Å²) in [4.78, 5) is 33.0. The van der Waals surface area contributed by atoms with Crippen LogP contribution in [0.1, 0.15) is 75.6 Å². The van der Waals surface area contributed by atoms with Crippen LogP contribution in [-0.4, -0.2) is 33.2 Å². The van der Waals surface area contributed by atoms with Crippen molar-refractivity contribution in [3.05, 3.63) is 286 Å². The lowest BCUT2D eigenvalue weighted by atomic mass is 10.1. The molecule has 0 unspecified atom stereocenters. The molecule has 0 bridgehead atoms. The zero-order chi connectivity index (χ0) is 54.2. The Hall–Kier alpha value is -9.81. The average molecular weight is 1030 g/mol. The molecule has 390 valence electrons. The molecule has 12 nitrogen and oxygen atoms in total. The third-order valence-corrected chi connectivity index (χ3v) is 12.0. The molecule has 0 radical (unpaired) electrons. The van der Waals surface area contributed by atoms with Gasteiger partial charge < -0.3 is 45.5 Å². The highest BCUT2D eigenvalue weighted by Gasteiger charge is 2.07. The van der Waals surface area contributed by atoms with Gasteiger partial charge in [0, 0.05) is 36.7 Å². The topological polar surface area (TPSA) is 176 Å². The van der Waals surface area contributed by atoms with E-state index in [-0.39, 0.29) is 16.7 Å². The Morgan fingerprint density at radius 3 is 1.06 bits per heavy atom. The second-order valence-corrected chi connectivity index (χ2v) is 17.9. The zero-order valence-electron chi connectivity index (χ0n) is 42.9. The Kier molecular flexibility index (Phi) is 20.4. The molecule has 77 heavy (non-hydrogen) atoms. The summed E-state index contributed by atoms with van der Waals surface area (Å²) in [6, 6.07) is 70.5. The summed E-state index contributed by atoms with van der Waals surface area (Å²) in [5.74, 6) is -0.316. The van der Waals surface area contributed by atoms with Crippen LogP contribution in [-0.2, 0) is 39.5 Å². The van der Waals surface area contributed by atoms with E-state index in [4.69, 9.17) is 29.5 Å². The third kappa shape index (κ3) is 18.6. The highest BCUT2D eigenvalue weighted by Crippen LogP contribution is 2.21. The molecule has 0 atom stereocenters. The minimum atomic E-state index is -0.927. The predicted molar refractivity (Wildman–Crippen MR) is 303 cm³/mol. The van der Waals surface area contributed by atoms with Crippen molar-refractivity contribution in [1.29, 1.82) is 0 Å². The van der Waals surface area contributed by atoms with Gasteiger partial charge in [0.1, 0.15) is 37.1 Å². The van der Waals surface area contributed by atoms with Crippen molar-refractivity contribution in [2.75, 3.05) is 16.0 Å². The summed E-state index contributed by atoms with van der Waals surface area (Å²) in [7, 11) is 0. The first kappa shape index (κ1) is 55.0. The van der Waals surface area contributed by atoms with Crippen LogP contribution >= 0.6 is 0 Å². The van der Waals surface area contributed by atoms with E-state index >= 15 is 0 Å². The minimum absolute atomic E-state index is 0.273. The zero-order valence-corrected chi connectivity index (χ0v) is 42.9. The third-order valence-electron chi connectivity index (χ3n) is 12.0. The molecule has 9 aromatic rings. The summed E-state index contributed by atoms with van der Waals surface area (Å²) < 4.78 is 17.4. The number of carbonyl (C=O) groups is 3. The van der Waals surface area contributed by atoms with Gasteiger partial charge in [-0.2, -0.15) is 0 Å². The van der Waals surface area contributed by atoms with E-state index in [9.17, 15) is 14.4 Å². The quantitative estimate of drug-likeness (QED) is 0.0402. The number of carboxylic acid groups (broad SMARTS) is 3. The van der Waals surface area contributed by atoms with Crippen molar-refractivity contribution >= 4 is 35.0 Å². The van der Waals surface area contributed by atoms with Crippen LogP contribution in [0.5, 0.6) is 17.2 Å². The van der Waals surface area contributed by atoms with Crippen molar-refractivity contribution in [2.45, 2.75) is 53.3 Å². The second-order valence-electron chi connectivity index (χ2n) is 17.9. The number of nitrogens with one attached hydrogen (secondary N) is 3. The maximum absolute atomic E-state index is 11.0. The van der Waals surface area contributed by atoms with Crippen LogP contribution < -0.4 is 30.2 Å². The van der Waals surface area contributed by atoms with Gasteiger partial charge in [-0.25, -0.2) is 14.4 Å². The highest BCUT2D eigenvalue weighted by atomic mass is 16.5. The molecule has 0 aliphatic carbocycles. The van der Waals surface area contributed by atoms with Crippen LogP contribution in [0.15, 0.2) is 224 Å². The molecule has 0 saturated carbocycles. The number of anilines is 3. The number of rotatable bonds is 21. The molecule has 0 aromatic heterocycles. The molecule has 0 heterocycles. The fourth-order valence-electron chi connectivity index (χ4n) is 7.53. The van der Waals surface area contributed by atoms with Crippen LogP contribution in [0, 0.1) is 13.8 Å². The van der Waals surface area contributed by atoms with Crippen molar-refractivity contribution in [3.8, 4) is 17.2 Å².